The molecule has 1 aliphatic rings. The molecule has 1 atom stereocenters. The standard InChI is InChI=1S/C16H21N5O/c22-15(20-11-13-4-3-6-17-10-13)12-21-9-2-1-5-14(21)16-18-7-8-19-16/h3-4,6-8,10,14H,1-2,5,9,11-12H2,(H,18,19)(H,20,22)/t14-/m1/s1. The minimum atomic E-state index is 0.0438. The molecule has 2 N–H and O–H groups in total. The van der Waals surface area contributed by atoms with E-state index in [9.17, 15) is 4.79 Å². The van der Waals surface area contributed by atoms with Crippen molar-refractivity contribution in [3.63, 3.8) is 0 Å². The van der Waals surface area contributed by atoms with Gasteiger partial charge >= 0.3 is 0 Å². The number of aromatic nitrogens is 3. The Hall–Kier alpha value is -2.21. The van der Waals surface area contributed by atoms with Gasteiger partial charge in [0.25, 0.3) is 0 Å². The van der Waals surface area contributed by atoms with E-state index in [4.69, 9.17) is 0 Å². The van der Waals surface area contributed by atoms with Crippen molar-refractivity contribution < 1.29 is 4.79 Å². The van der Waals surface area contributed by atoms with Crippen LogP contribution in [-0.2, 0) is 11.3 Å². The van der Waals surface area contributed by atoms with Gasteiger partial charge in [-0.15, -0.1) is 0 Å². The van der Waals surface area contributed by atoms with Gasteiger partial charge in [0.15, 0.2) is 0 Å². The molecule has 3 heterocycles. The molecule has 0 saturated carbocycles. The zero-order valence-corrected chi connectivity index (χ0v) is 12.5. The number of amides is 1. The molecule has 116 valence electrons. The second kappa shape index (κ2) is 7.17. The molecule has 1 aliphatic heterocycles. The number of imidazole rings is 1. The quantitative estimate of drug-likeness (QED) is 0.880. The molecule has 1 saturated heterocycles. The minimum Gasteiger partial charge on any atom is -0.351 e. The van der Waals surface area contributed by atoms with Crippen molar-refractivity contribution in [2.75, 3.05) is 13.1 Å². The van der Waals surface area contributed by atoms with Gasteiger partial charge in [-0.1, -0.05) is 12.5 Å². The van der Waals surface area contributed by atoms with Crippen molar-refractivity contribution >= 4 is 5.91 Å². The number of hydrogen-bond acceptors (Lipinski definition) is 4. The number of carbonyl (C=O) groups is 1. The van der Waals surface area contributed by atoms with E-state index in [0.29, 0.717) is 13.1 Å². The maximum absolute atomic E-state index is 12.2. The summed E-state index contributed by atoms with van der Waals surface area (Å²) >= 11 is 0. The molecule has 6 heteroatoms. The number of rotatable bonds is 5. The first-order valence-corrected chi connectivity index (χ1v) is 7.72. The molecule has 6 nitrogen and oxygen atoms in total. The van der Waals surface area contributed by atoms with Crippen molar-refractivity contribution in [2.24, 2.45) is 0 Å². The summed E-state index contributed by atoms with van der Waals surface area (Å²) in [6.07, 6.45) is 10.5. The molecule has 2 aromatic rings. The van der Waals surface area contributed by atoms with E-state index in [0.717, 1.165) is 30.8 Å². The first-order valence-electron chi connectivity index (χ1n) is 7.72. The third kappa shape index (κ3) is 3.71. The van der Waals surface area contributed by atoms with Gasteiger partial charge in [-0.25, -0.2) is 4.98 Å². The summed E-state index contributed by atoms with van der Waals surface area (Å²) < 4.78 is 0. The molecule has 3 rings (SSSR count). The highest BCUT2D eigenvalue weighted by atomic mass is 16.2. The molecule has 1 fully saturated rings. The maximum atomic E-state index is 12.2. The summed E-state index contributed by atoms with van der Waals surface area (Å²) in [6.45, 7) is 1.86. The van der Waals surface area contributed by atoms with Crippen LogP contribution < -0.4 is 5.32 Å². The van der Waals surface area contributed by atoms with Crippen LogP contribution in [0.3, 0.4) is 0 Å². The van der Waals surface area contributed by atoms with E-state index in [1.807, 2.05) is 18.3 Å². The summed E-state index contributed by atoms with van der Waals surface area (Å²) in [7, 11) is 0. The highest BCUT2D eigenvalue weighted by molar-refractivity contribution is 5.78. The highest BCUT2D eigenvalue weighted by Gasteiger charge is 2.27. The number of hydrogen-bond donors (Lipinski definition) is 2. The van der Waals surface area contributed by atoms with Crippen LogP contribution in [0.4, 0.5) is 0 Å². The van der Waals surface area contributed by atoms with Gasteiger partial charge in [0.1, 0.15) is 5.82 Å². The van der Waals surface area contributed by atoms with Gasteiger partial charge in [0.05, 0.1) is 12.6 Å². The zero-order valence-electron chi connectivity index (χ0n) is 12.5. The van der Waals surface area contributed by atoms with E-state index in [2.05, 4.69) is 25.2 Å². The second-order valence-electron chi connectivity index (χ2n) is 5.59. The fraction of sp³-hybridized carbons (Fsp3) is 0.438. The van der Waals surface area contributed by atoms with Crippen molar-refractivity contribution in [1.29, 1.82) is 0 Å². The Labute approximate surface area is 130 Å². The number of likely N-dealkylation sites (tertiary alicyclic amines) is 1. The number of nitrogens with zero attached hydrogens (tertiary/aromatic N) is 3. The Morgan fingerprint density at radius 2 is 2.36 bits per heavy atom. The predicted molar refractivity (Wildman–Crippen MR) is 82.8 cm³/mol. The molecular weight excluding hydrogens is 278 g/mol. The summed E-state index contributed by atoms with van der Waals surface area (Å²) in [6, 6.07) is 4.05. The summed E-state index contributed by atoms with van der Waals surface area (Å²) in [5.41, 5.74) is 1.01. The van der Waals surface area contributed by atoms with E-state index in [1.165, 1.54) is 6.42 Å². The summed E-state index contributed by atoms with van der Waals surface area (Å²) in [4.78, 5) is 26.0. The normalized spacial score (nSPS) is 19.0. The Morgan fingerprint density at radius 1 is 1.41 bits per heavy atom. The van der Waals surface area contributed by atoms with E-state index in [1.54, 1.807) is 18.6 Å². The lowest BCUT2D eigenvalue weighted by molar-refractivity contribution is -0.123. The third-order valence-electron chi connectivity index (χ3n) is 4.01. The molecule has 2 aromatic heterocycles. The number of nitrogens with one attached hydrogen (secondary N) is 2. The molecule has 1 amide bonds. The van der Waals surface area contributed by atoms with Crippen LogP contribution in [0.25, 0.3) is 0 Å². The monoisotopic (exact) mass is 299 g/mol. The summed E-state index contributed by atoms with van der Waals surface area (Å²) in [5.74, 6) is 1.00. The topological polar surface area (TPSA) is 73.9 Å². The lowest BCUT2D eigenvalue weighted by Gasteiger charge is -2.33. The highest BCUT2D eigenvalue weighted by Crippen LogP contribution is 2.28. The molecule has 0 unspecified atom stereocenters. The third-order valence-corrected chi connectivity index (χ3v) is 4.01. The largest absolute Gasteiger partial charge is 0.351 e. The minimum absolute atomic E-state index is 0.0438. The molecule has 0 aromatic carbocycles. The van der Waals surface area contributed by atoms with Gasteiger partial charge in [0.2, 0.25) is 5.91 Å². The van der Waals surface area contributed by atoms with E-state index < -0.39 is 0 Å². The Balaban J connectivity index is 1.55. The number of carbonyl (C=O) groups excluding carboxylic acids is 1. The van der Waals surface area contributed by atoms with Crippen LogP contribution in [0.1, 0.15) is 36.7 Å². The van der Waals surface area contributed by atoms with Crippen molar-refractivity contribution in [3.05, 3.63) is 48.3 Å². The predicted octanol–water partition coefficient (Wildman–Crippen LogP) is 1.65. The van der Waals surface area contributed by atoms with Crippen molar-refractivity contribution in [3.8, 4) is 0 Å². The van der Waals surface area contributed by atoms with Crippen LogP contribution in [0.2, 0.25) is 0 Å². The Kier molecular flexibility index (Phi) is 4.80. The fourth-order valence-corrected chi connectivity index (χ4v) is 2.89. The molecule has 0 bridgehead atoms. The lowest BCUT2D eigenvalue weighted by atomic mass is 10.0. The first-order chi connectivity index (χ1) is 10.8. The molecule has 0 spiro atoms. The Morgan fingerprint density at radius 3 is 3.14 bits per heavy atom. The van der Waals surface area contributed by atoms with E-state index >= 15 is 0 Å². The van der Waals surface area contributed by atoms with Crippen LogP contribution in [0, 0.1) is 0 Å². The van der Waals surface area contributed by atoms with Crippen LogP contribution in [0.15, 0.2) is 36.9 Å². The Bertz CT molecular complexity index is 584. The van der Waals surface area contributed by atoms with Gasteiger partial charge < -0.3 is 10.3 Å². The van der Waals surface area contributed by atoms with Crippen LogP contribution in [0.5, 0.6) is 0 Å². The molecule has 0 radical (unpaired) electrons. The molecule has 0 aliphatic carbocycles. The van der Waals surface area contributed by atoms with Crippen LogP contribution >= 0.6 is 0 Å². The first kappa shape index (κ1) is 14.7. The number of pyridine rings is 1. The van der Waals surface area contributed by atoms with Crippen LogP contribution in [-0.4, -0.2) is 38.8 Å². The zero-order chi connectivity index (χ0) is 15.2. The van der Waals surface area contributed by atoms with E-state index in [-0.39, 0.29) is 11.9 Å². The maximum Gasteiger partial charge on any atom is 0.234 e. The fourth-order valence-electron chi connectivity index (χ4n) is 2.89. The van der Waals surface area contributed by atoms with Gasteiger partial charge in [0, 0.05) is 31.3 Å². The SMILES string of the molecule is O=C(CN1CCCC[C@@H]1c1ncc[nH]1)NCc1cccnc1. The van der Waals surface area contributed by atoms with Crippen molar-refractivity contribution in [2.45, 2.75) is 31.8 Å². The average molecular weight is 299 g/mol. The van der Waals surface area contributed by atoms with Crippen molar-refractivity contribution in [1.82, 2.24) is 25.2 Å². The number of aromatic amines is 1. The summed E-state index contributed by atoms with van der Waals surface area (Å²) in [5, 5.41) is 2.96. The second-order valence-corrected chi connectivity index (χ2v) is 5.59. The molecular formula is C16H21N5O. The smallest absolute Gasteiger partial charge is 0.234 e. The molecule has 22 heavy (non-hydrogen) atoms. The number of piperidine rings is 1. The van der Waals surface area contributed by atoms with Gasteiger partial charge in [-0.05, 0) is 31.0 Å². The number of H-pyrrole nitrogens is 1. The lowest BCUT2D eigenvalue weighted by Crippen LogP contribution is -2.41. The van der Waals surface area contributed by atoms with Gasteiger partial charge in [-0.3, -0.25) is 14.7 Å². The van der Waals surface area contributed by atoms with Gasteiger partial charge in [-0.2, -0.15) is 0 Å². The average Bonchev–Trinajstić information content (AvgIpc) is 3.09.